The van der Waals surface area contributed by atoms with Crippen molar-refractivity contribution in [2.75, 3.05) is 0 Å². The van der Waals surface area contributed by atoms with Crippen LogP contribution < -0.4 is 5.32 Å². The Bertz CT molecular complexity index is 278. The first-order chi connectivity index (χ1) is 6.99. The van der Waals surface area contributed by atoms with E-state index in [1.54, 1.807) is 20.8 Å². The van der Waals surface area contributed by atoms with Gasteiger partial charge in [-0.15, -0.1) is 0 Å². The molecule has 0 saturated heterocycles. The fourth-order valence-corrected chi connectivity index (χ4v) is 1.26. The molecule has 94 valence electrons. The number of aliphatic carboxylic acids is 1. The lowest BCUT2D eigenvalue weighted by atomic mass is 9.86. The number of nitrogens with one attached hydrogen (secondary N) is 1. The Kier molecular flexibility index (Phi) is 4.53. The number of amides is 1. The molecule has 0 aliphatic carbocycles. The second kappa shape index (κ2) is 4.85. The van der Waals surface area contributed by atoms with Crippen LogP contribution >= 0.6 is 0 Å². The summed E-state index contributed by atoms with van der Waals surface area (Å²) in [5, 5.41) is 11.7. The van der Waals surface area contributed by atoms with Crippen molar-refractivity contribution < 1.29 is 14.7 Å². The summed E-state index contributed by atoms with van der Waals surface area (Å²) in [6, 6.07) is 0. The van der Waals surface area contributed by atoms with E-state index in [9.17, 15) is 9.59 Å². The van der Waals surface area contributed by atoms with Gasteiger partial charge in [-0.05, 0) is 18.3 Å². The lowest BCUT2D eigenvalue weighted by molar-refractivity contribution is -0.149. The monoisotopic (exact) mass is 229 g/mol. The second-order valence-electron chi connectivity index (χ2n) is 5.95. The van der Waals surface area contributed by atoms with Crippen LogP contribution in [0.15, 0.2) is 0 Å². The Labute approximate surface area is 97.4 Å². The van der Waals surface area contributed by atoms with Crippen LogP contribution in [-0.2, 0) is 9.59 Å². The zero-order chi connectivity index (χ0) is 13.1. The number of hydrogen-bond acceptors (Lipinski definition) is 2. The lowest BCUT2D eigenvalue weighted by Crippen LogP contribution is -2.56. The molecule has 0 saturated carbocycles. The lowest BCUT2D eigenvalue weighted by Gasteiger charge is -2.31. The first-order valence-electron chi connectivity index (χ1n) is 5.53. The van der Waals surface area contributed by atoms with Crippen molar-refractivity contribution in [1.82, 2.24) is 5.32 Å². The van der Waals surface area contributed by atoms with Gasteiger partial charge in [0.05, 0.1) is 0 Å². The number of hydrogen-bond donors (Lipinski definition) is 2. The molecule has 0 fully saturated rings. The molecule has 0 radical (unpaired) electrons. The van der Waals surface area contributed by atoms with Gasteiger partial charge in [0.1, 0.15) is 5.54 Å². The van der Waals surface area contributed by atoms with Crippen LogP contribution in [0, 0.1) is 11.3 Å². The summed E-state index contributed by atoms with van der Waals surface area (Å²) in [6.45, 7) is 10.9. The molecular formula is C12H23NO3. The summed E-state index contributed by atoms with van der Waals surface area (Å²) < 4.78 is 0. The summed E-state index contributed by atoms with van der Waals surface area (Å²) >= 11 is 0. The minimum absolute atomic E-state index is 0.138. The van der Waals surface area contributed by atoms with E-state index in [0.717, 1.165) is 0 Å². The molecular weight excluding hydrogens is 206 g/mol. The first-order valence-corrected chi connectivity index (χ1v) is 5.53. The topological polar surface area (TPSA) is 66.4 Å². The van der Waals surface area contributed by atoms with E-state index < -0.39 is 11.5 Å². The molecule has 0 aliphatic rings. The van der Waals surface area contributed by atoms with Crippen LogP contribution in [0.2, 0.25) is 0 Å². The Morgan fingerprint density at radius 2 is 1.62 bits per heavy atom. The Balaban J connectivity index is 4.68. The van der Waals surface area contributed by atoms with Crippen molar-refractivity contribution in [2.45, 2.75) is 53.5 Å². The highest BCUT2D eigenvalue weighted by atomic mass is 16.4. The molecule has 2 N–H and O–H groups in total. The zero-order valence-electron chi connectivity index (χ0n) is 11.0. The number of rotatable bonds is 4. The smallest absolute Gasteiger partial charge is 0.329 e. The van der Waals surface area contributed by atoms with Crippen molar-refractivity contribution in [3.63, 3.8) is 0 Å². The molecule has 1 unspecified atom stereocenters. The number of carbonyl (C=O) groups is 2. The van der Waals surface area contributed by atoms with E-state index in [1.165, 1.54) is 0 Å². The van der Waals surface area contributed by atoms with Crippen molar-refractivity contribution in [3.05, 3.63) is 0 Å². The van der Waals surface area contributed by atoms with Gasteiger partial charge in [-0.1, -0.05) is 34.6 Å². The maximum absolute atomic E-state index is 11.7. The molecule has 0 aromatic rings. The van der Waals surface area contributed by atoms with Crippen LogP contribution in [0.1, 0.15) is 48.0 Å². The zero-order valence-corrected chi connectivity index (χ0v) is 11.0. The van der Waals surface area contributed by atoms with Crippen LogP contribution in [0.5, 0.6) is 0 Å². The van der Waals surface area contributed by atoms with E-state index in [0.29, 0.717) is 6.42 Å². The van der Waals surface area contributed by atoms with Crippen molar-refractivity contribution in [2.24, 2.45) is 11.3 Å². The van der Waals surface area contributed by atoms with Crippen molar-refractivity contribution >= 4 is 11.9 Å². The maximum Gasteiger partial charge on any atom is 0.329 e. The van der Waals surface area contributed by atoms with Gasteiger partial charge in [0.2, 0.25) is 5.91 Å². The Hall–Kier alpha value is -1.06. The van der Waals surface area contributed by atoms with Gasteiger partial charge in [-0.25, -0.2) is 4.79 Å². The van der Waals surface area contributed by atoms with E-state index in [-0.39, 0.29) is 17.2 Å². The third-order valence-corrected chi connectivity index (χ3v) is 2.69. The third kappa shape index (κ3) is 4.21. The van der Waals surface area contributed by atoms with Gasteiger partial charge in [0.15, 0.2) is 0 Å². The molecule has 0 aromatic heterocycles. The normalized spacial score (nSPS) is 15.7. The highest BCUT2D eigenvalue weighted by molar-refractivity contribution is 5.87. The molecule has 0 heterocycles. The van der Waals surface area contributed by atoms with Gasteiger partial charge < -0.3 is 10.4 Å². The molecule has 16 heavy (non-hydrogen) atoms. The van der Waals surface area contributed by atoms with Crippen LogP contribution in [-0.4, -0.2) is 22.5 Å². The van der Waals surface area contributed by atoms with E-state index >= 15 is 0 Å². The van der Waals surface area contributed by atoms with Crippen molar-refractivity contribution in [1.29, 1.82) is 0 Å². The van der Waals surface area contributed by atoms with Crippen LogP contribution in [0.3, 0.4) is 0 Å². The summed E-state index contributed by atoms with van der Waals surface area (Å²) in [6.07, 6.45) is 0.322. The van der Waals surface area contributed by atoms with E-state index in [2.05, 4.69) is 5.32 Å². The third-order valence-electron chi connectivity index (χ3n) is 2.69. The summed E-state index contributed by atoms with van der Waals surface area (Å²) in [5.41, 5.74) is -1.33. The molecule has 0 aliphatic heterocycles. The van der Waals surface area contributed by atoms with Gasteiger partial charge in [-0.3, -0.25) is 4.79 Å². The minimum Gasteiger partial charge on any atom is -0.480 e. The molecule has 0 bridgehead atoms. The standard InChI is InChI=1S/C12H23NO3/c1-8(2)12(6,10(15)16)13-9(14)7-11(3,4)5/h8H,7H2,1-6H3,(H,13,14)(H,15,16). The average molecular weight is 229 g/mol. The van der Waals surface area contributed by atoms with E-state index in [4.69, 9.17) is 5.11 Å². The predicted octanol–water partition coefficient (Wildman–Crippen LogP) is 2.04. The molecule has 1 atom stereocenters. The highest BCUT2D eigenvalue weighted by Crippen LogP contribution is 2.21. The molecule has 1 amide bonds. The van der Waals surface area contributed by atoms with Crippen LogP contribution in [0.4, 0.5) is 0 Å². The van der Waals surface area contributed by atoms with E-state index in [1.807, 2.05) is 20.8 Å². The largest absolute Gasteiger partial charge is 0.480 e. The van der Waals surface area contributed by atoms with Crippen LogP contribution in [0.25, 0.3) is 0 Å². The molecule has 4 nitrogen and oxygen atoms in total. The second-order valence-corrected chi connectivity index (χ2v) is 5.95. The SMILES string of the molecule is CC(C)C(C)(NC(=O)CC(C)(C)C)C(=O)O. The quantitative estimate of drug-likeness (QED) is 0.775. The van der Waals surface area contributed by atoms with Gasteiger partial charge >= 0.3 is 5.97 Å². The first kappa shape index (κ1) is 14.9. The molecule has 0 rings (SSSR count). The van der Waals surface area contributed by atoms with Gasteiger partial charge in [-0.2, -0.15) is 0 Å². The summed E-state index contributed by atoms with van der Waals surface area (Å²) in [7, 11) is 0. The number of carboxylic acids is 1. The fourth-order valence-electron chi connectivity index (χ4n) is 1.26. The maximum atomic E-state index is 11.7. The Morgan fingerprint density at radius 1 is 1.19 bits per heavy atom. The summed E-state index contributed by atoms with van der Waals surface area (Å²) in [4.78, 5) is 22.9. The average Bonchev–Trinajstić information content (AvgIpc) is 1.98. The molecule has 0 spiro atoms. The molecule has 4 heteroatoms. The number of carboxylic acid groups (broad SMARTS) is 1. The summed E-state index contributed by atoms with van der Waals surface area (Å²) in [5.74, 6) is -1.37. The minimum atomic E-state index is -1.19. The highest BCUT2D eigenvalue weighted by Gasteiger charge is 2.38. The Morgan fingerprint density at radius 3 is 1.88 bits per heavy atom. The fraction of sp³-hybridized carbons (Fsp3) is 0.833. The van der Waals surface area contributed by atoms with Crippen molar-refractivity contribution in [3.8, 4) is 0 Å². The predicted molar refractivity (Wildman–Crippen MR) is 63.1 cm³/mol. The number of carbonyl (C=O) groups excluding carboxylic acids is 1. The van der Waals surface area contributed by atoms with Gasteiger partial charge in [0, 0.05) is 6.42 Å². The van der Waals surface area contributed by atoms with Gasteiger partial charge in [0.25, 0.3) is 0 Å². The molecule has 0 aromatic carbocycles.